The van der Waals surface area contributed by atoms with Crippen LogP contribution < -0.4 is 9.64 Å². The Kier molecular flexibility index (Phi) is 6.32. The molecule has 1 atom stereocenters. The number of benzene rings is 2. The van der Waals surface area contributed by atoms with Crippen LogP contribution >= 0.6 is 11.3 Å². The number of para-hydroxylation sites is 2. The minimum absolute atomic E-state index is 0.166. The molecule has 2 aromatic carbocycles. The zero-order valence-corrected chi connectivity index (χ0v) is 19.2. The highest BCUT2D eigenvalue weighted by Gasteiger charge is 2.31. The summed E-state index contributed by atoms with van der Waals surface area (Å²) in [6.45, 7) is 3.91. The van der Waals surface area contributed by atoms with E-state index < -0.39 is 0 Å². The molecule has 9 heteroatoms. The SMILES string of the molecule is COc1ccccc1N1CCN([C@H](c2ccc(F)cc2)c2nnnn2Cc2cccs2)CC1. The number of aromatic nitrogens is 4. The Labute approximate surface area is 196 Å². The highest BCUT2D eigenvalue weighted by Crippen LogP contribution is 2.32. The molecule has 0 aliphatic carbocycles. The molecule has 1 saturated heterocycles. The first-order chi connectivity index (χ1) is 16.2. The summed E-state index contributed by atoms with van der Waals surface area (Å²) in [5.74, 6) is 1.39. The van der Waals surface area contributed by atoms with Gasteiger partial charge in [-0.3, -0.25) is 4.90 Å². The lowest BCUT2D eigenvalue weighted by molar-refractivity contribution is 0.201. The molecule has 0 bridgehead atoms. The molecule has 1 fully saturated rings. The minimum Gasteiger partial charge on any atom is -0.495 e. The highest BCUT2D eigenvalue weighted by atomic mass is 32.1. The quantitative estimate of drug-likeness (QED) is 0.414. The van der Waals surface area contributed by atoms with Gasteiger partial charge in [-0.2, -0.15) is 0 Å². The highest BCUT2D eigenvalue weighted by molar-refractivity contribution is 7.09. The third-order valence-corrected chi connectivity index (χ3v) is 6.84. The van der Waals surface area contributed by atoms with Gasteiger partial charge in [-0.05, 0) is 51.7 Å². The van der Waals surface area contributed by atoms with Gasteiger partial charge in [-0.25, -0.2) is 9.07 Å². The Hall–Kier alpha value is -3.30. The molecule has 0 unspecified atom stereocenters. The van der Waals surface area contributed by atoms with Crippen molar-refractivity contribution >= 4 is 17.0 Å². The van der Waals surface area contributed by atoms with Gasteiger partial charge in [0.1, 0.15) is 11.6 Å². The standard InChI is InChI=1S/C24H25FN6OS/c1-32-22-7-3-2-6-21(22)29-12-14-30(15-13-29)23(18-8-10-19(25)11-9-18)24-26-27-28-31(24)17-20-5-4-16-33-20/h2-11,16,23H,12-15,17H2,1H3/t23-/m1/s1. The van der Waals surface area contributed by atoms with Crippen molar-refractivity contribution in [2.45, 2.75) is 12.6 Å². The molecular weight excluding hydrogens is 439 g/mol. The van der Waals surface area contributed by atoms with Crippen LogP contribution in [0.3, 0.4) is 0 Å². The summed E-state index contributed by atoms with van der Waals surface area (Å²) >= 11 is 1.68. The first-order valence-electron chi connectivity index (χ1n) is 10.9. The van der Waals surface area contributed by atoms with Gasteiger partial charge in [0.15, 0.2) is 5.82 Å². The van der Waals surface area contributed by atoms with Gasteiger partial charge < -0.3 is 9.64 Å². The Bertz CT molecular complexity index is 1170. The van der Waals surface area contributed by atoms with Crippen molar-refractivity contribution < 1.29 is 9.13 Å². The van der Waals surface area contributed by atoms with Crippen LogP contribution in [-0.4, -0.2) is 58.4 Å². The number of halogens is 1. The molecule has 170 valence electrons. The largest absolute Gasteiger partial charge is 0.495 e. The molecule has 2 aromatic heterocycles. The number of anilines is 1. The maximum Gasteiger partial charge on any atom is 0.173 e. The van der Waals surface area contributed by atoms with Crippen molar-refractivity contribution in [2.75, 3.05) is 38.2 Å². The molecule has 1 aliphatic heterocycles. The Morgan fingerprint density at radius 3 is 2.52 bits per heavy atom. The third kappa shape index (κ3) is 4.60. The molecule has 1 aliphatic rings. The molecule has 0 spiro atoms. The van der Waals surface area contributed by atoms with E-state index in [-0.39, 0.29) is 11.9 Å². The average molecular weight is 465 g/mol. The van der Waals surface area contributed by atoms with E-state index >= 15 is 0 Å². The lowest BCUT2D eigenvalue weighted by Gasteiger charge is -2.40. The van der Waals surface area contributed by atoms with Crippen molar-refractivity contribution in [1.29, 1.82) is 0 Å². The second-order valence-corrected chi connectivity index (χ2v) is 8.96. The first-order valence-corrected chi connectivity index (χ1v) is 11.8. The van der Waals surface area contributed by atoms with Gasteiger partial charge in [-0.15, -0.1) is 16.4 Å². The number of tetrazole rings is 1. The van der Waals surface area contributed by atoms with Crippen LogP contribution in [0.4, 0.5) is 10.1 Å². The number of piperazine rings is 1. The van der Waals surface area contributed by atoms with Crippen LogP contribution in [0.25, 0.3) is 0 Å². The van der Waals surface area contributed by atoms with Gasteiger partial charge in [0.25, 0.3) is 0 Å². The van der Waals surface area contributed by atoms with Crippen LogP contribution in [0.5, 0.6) is 5.75 Å². The van der Waals surface area contributed by atoms with Crippen molar-refractivity contribution in [3.8, 4) is 5.75 Å². The Balaban J connectivity index is 1.42. The molecular formula is C24H25FN6OS. The van der Waals surface area contributed by atoms with Gasteiger partial charge in [0.05, 0.1) is 25.4 Å². The predicted octanol–water partition coefficient (Wildman–Crippen LogP) is 3.84. The number of hydrogen-bond donors (Lipinski definition) is 0. The first kappa shape index (κ1) is 21.5. The summed E-state index contributed by atoms with van der Waals surface area (Å²) in [5.41, 5.74) is 2.07. The molecule has 0 saturated carbocycles. The van der Waals surface area contributed by atoms with E-state index in [1.807, 2.05) is 46.5 Å². The van der Waals surface area contributed by atoms with Gasteiger partial charge in [0.2, 0.25) is 0 Å². The van der Waals surface area contributed by atoms with E-state index in [0.717, 1.165) is 49.0 Å². The molecule has 0 N–H and O–H groups in total. The van der Waals surface area contributed by atoms with Gasteiger partial charge in [-0.1, -0.05) is 30.3 Å². The van der Waals surface area contributed by atoms with Crippen LogP contribution in [0.1, 0.15) is 22.3 Å². The zero-order chi connectivity index (χ0) is 22.6. The number of thiophene rings is 1. The number of rotatable bonds is 7. The monoisotopic (exact) mass is 464 g/mol. The van der Waals surface area contributed by atoms with E-state index in [4.69, 9.17) is 4.74 Å². The Morgan fingerprint density at radius 2 is 1.79 bits per heavy atom. The fraction of sp³-hybridized carbons (Fsp3) is 0.292. The smallest absolute Gasteiger partial charge is 0.173 e. The van der Waals surface area contributed by atoms with Crippen LogP contribution in [0, 0.1) is 5.82 Å². The van der Waals surface area contributed by atoms with E-state index in [1.165, 1.54) is 17.0 Å². The summed E-state index contributed by atoms with van der Waals surface area (Å²) in [6.07, 6.45) is 0. The zero-order valence-electron chi connectivity index (χ0n) is 18.3. The number of hydrogen-bond acceptors (Lipinski definition) is 7. The minimum atomic E-state index is -0.253. The second-order valence-electron chi connectivity index (χ2n) is 7.92. The fourth-order valence-electron chi connectivity index (χ4n) is 4.35. The molecule has 3 heterocycles. The van der Waals surface area contributed by atoms with E-state index in [9.17, 15) is 4.39 Å². The number of nitrogens with zero attached hydrogens (tertiary/aromatic N) is 6. The van der Waals surface area contributed by atoms with Crippen molar-refractivity contribution in [3.05, 3.63) is 88.1 Å². The summed E-state index contributed by atoms with van der Waals surface area (Å²) in [4.78, 5) is 5.89. The molecule has 5 rings (SSSR count). The van der Waals surface area contributed by atoms with Crippen molar-refractivity contribution in [1.82, 2.24) is 25.1 Å². The topological polar surface area (TPSA) is 59.3 Å². The van der Waals surface area contributed by atoms with Gasteiger partial charge >= 0.3 is 0 Å². The van der Waals surface area contributed by atoms with Crippen LogP contribution in [0.15, 0.2) is 66.0 Å². The summed E-state index contributed by atoms with van der Waals surface area (Å²) in [5, 5.41) is 14.7. The van der Waals surface area contributed by atoms with E-state index in [1.54, 1.807) is 18.4 Å². The van der Waals surface area contributed by atoms with E-state index in [0.29, 0.717) is 6.54 Å². The van der Waals surface area contributed by atoms with Crippen LogP contribution in [0.2, 0.25) is 0 Å². The number of methoxy groups -OCH3 is 1. The van der Waals surface area contributed by atoms with Gasteiger partial charge in [0, 0.05) is 31.1 Å². The fourth-order valence-corrected chi connectivity index (χ4v) is 5.04. The van der Waals surface area contributed by atoms with E-state index in [2.05, 4.69) is 37.5 Å². The third-order valence-electron chi connectivity index (χ3n) is 5.98. The lowest BCUT2D eigenvalue weighted by atomic mass is 10.0. The molecule has 33 heavy (non-hydrogen) atoms. The summed E-state index contributed by atoms with van der Waals surface area (Å²) in [7, 11) is 1.70. The number of ether oxygens (including phenoxy) is 1. The molecule has 0 radical (unpaired) electrons. The van der Waals surface area contributed by atoms with Crippen LogP contribution in [-0.2, 0) is 6.54 Å². The average Bonchev–Trinajstić information content (AvgIpc) is 3.54. The summed E-state index contributed by atoms with van der Waals surface area (Å²) in [6, 6.07) is 18.7. The van der Waals surface area contributed by atoms with Crippen molar-refractivity contribution in [2.24, 2.45) is 0 Å². The molecule has 0 amide bonds. The lowest BCUT2D eigenvalue weighted by Crippen LogP contribution is -2.48. The predicted molar refractivity (Wildman–Crippen MR) is 126 cm³/mol. The second kappa shape index (κ2) is 9.68. The van der Waals surface area contributed by atoms with Crippen molar-refractivity contribution in [3.63, 3.8) is 0 Å². The molecule has 7 nitrogen and oxygen atoms in total. The molecule has 4 aromatic rings. The maximum atomic E-state index is 13.7. The normalized spacial score (nSPS) is 15.5. The maximum absolute atomic E-state index is 13.7. The Morgan fingerprint density at radius 1 is 1.00 bits per heavy atom. The summed E-state index contributed by atoms with van der Waals surface area (Å²) < 4.78 is 21.1.